The number of rotatable bonds is 17. The number of aromatic nitrogens is 3. The standard InChI is InChI=1S/C30H41N6O8P/c1-7-30(5,6)17-40-29(38)21(4)35-45(39,44-23-11-9-8-10-12-23)42-16-26(41-18-31)25(43-28(37)20(2)3)15-22-13-14-24-27(32)33-19-34-36(22)24/h8-14,19-21,25-26H,7,15-17H2,1-6H3,(H,35,39)(H2,32,33,34)/t21-,25-,26+,45?/m0/s1. The van der Waals surface area contributed by atoms with E-state index >= 15 is 0 Å². The molecule has 0 aliphatic carbocycles. The van der Waals surface area contributed by atoms with Gasteiger partial charge in [-0.15, -0.1) is 0 Å². The maximum atomic E-state index is 14.1. The van der Waals surface area contributed by atoms with Crippen LogP contribution in [-0.2, 0) is 39.3 Å². The van der Waals surface area contributed by atoms with Crippen molar-refractivity contribution in [1.82, 2.24) is 19.7 Å². The lowest BCUT2D eigenvalue weighted by Crippen LogP contribution is -2.41. The van der Waals surface area contributed by atoms with Crippen LogP contribution in [-0.4, -0.2) is 58.0 Å². The largest absolute Gasteiger partial charge is 0.464 e. The summed E-state index contributed by atoms with van der Waals surface area (Å²) < 4.78 is 43.6. The van der Waals surface area contributed by atoms with Gasteiger partial charge in [0.25, 0.3) is 6.26 Å². The number of fused-ring (bicyclic) bond motifs is 1. The molecule has 2 aromatic heterocycles. The summed E-state index contributed by atoms with van der Waals surface area (Å²) in [5.41, 5.74) is 6.82. The molecular formula is C30H41N6O8P. The summed E-state index contributed by atoms with van der Waals surface area (Å²) in [6, 6.07) is 10.5. The van der Waals surface area contributed by atoms with Gasteiger partial charge in [-0.3, -0.25) is 14.1 Å². The lowest BCUT2D eigenvalue weighted by molar-refractivity contribution is -0.160. The molecule has 0 spiro atoms. The quantitative estimate of drug-likeness (QED) is 0.119. The molecule has 0 saturated carbocycles. The number of nitrogen functional groups attached to an aromatic ring is 1. The zero-order chi connectivity index (χ0) is 33.2. The Morgan fingerprint density at radius 1 is 1.11 bits per heavy atom. The predicted octanol–water partition coefficient (Wildman–Crippen LogP) is 4.45. The molecule has 0 aliphatic rings. The van der Waals surface area contributed by atoms with Crippen molar-refractivity contribution in [2.24, 2.45) is 11.3 Å². The molecule has 1 unspecified atom stereocenters. The molecule has 0 saturated heterocycles. The lowest BCUT2D eigenvalue weighted by atomic mass is 9.92. The molecule has 0 bridgehead atoms. The number of carbonyl (C=O) groups is 2. The lowest BCUT2D eigenvalue weighted by Gasteiger charge is -2.28. The van der Waals surface area contributed by atoms with E-state index in [9.17, 15) is 19.4 Å². The van der Waals surface area contributed by atoms with Crippen molar-refractivity contribution in [3.05, 3.63) is 54.5 Å². The number of nitrogens with one attached hydrogen (secondary N) is 1. The summed E-state index contributed by atoms with van der Waals surface area (Å²) >= 11 is 0. The van der Waals surface area contributed by atoms with Crippen LogP contribution in [0.3, 0.4) is 0 Å². The number of nitriles is 1. The van der Waals surface area contributed by atoms with Crippen LogP contribution in [0.15, 0.2) is 48.8 Å². The fraction of sp³-hybridized carbons (Fsp3) is 0.500. The first-order chi connectivity index (χ1) is 21.3. The predicted molar refractivity (Wildman–Crippen MR) is 165 cm³/mol. The average molecular weight is 645 g/mol. The number of ether oxygens (including phenoxy) is 3. The normalized spacial score (nSPS) is 15.0. The van der Waals surface area contributed by atoms with Crippen LogP contribution in [0.5, 0.6) is 5.75 Å². The first-order valence-corrected chi connectivity index (χ1v) is 16.1. The number of benzene rings is 1. The molecule has 0 radical (unpaired) electrons. The molecule has 45 heavy (non-hydrogen) atoms. The Morgan fingerprint density at radius 2 is 1.82 bits per heavy atom. The highest BCUT2D eigenvalue weighted by Crippen LogP contribution is 2.45. The summed E-state index contributed by atoms with van der Waals surface area (Å²) in [6.07, 6.45) is 1.35. The van der Waals surface area contributed by atoms with Gasteiger partial charge >= 0.3 is 19.7 Å². The van der Waals surface area contributed by atoms with Crippen LogP contribution in [0.1, 0.15) is 53.7 Å². The molecule has 1 aromatic carbocycles. The molecule has 2 heterocycles. The number of nitrogens with zero attached hydrogens (tertiary/aromatic N) is 4. The third-order valence-corrected chi connectivity index (χ3v) is 8.62. The molecule has 0 amide bonds. The van der Waals surface area contributed by atoms with E-state index in [1.165, 1.54) is 17.8 Å². The minimum Gasteiger partial charge on any atom is -0.464 e. The van der Waals surface area contributed by atoms with E-state index in [0.29, 0.717) is 11.2 Å². The highest BCUT2D eigenvalue weighted by atomic mass is 31.2. The van der Waals surface area contributed by atoms with E-state index in [0.717, 1.165) is 6.42 Å². The fourth-order valence-corrected chi connectivity index (χ4v) is 5.35. The fourth-order valence-electron chi connectivity index (χ4n) is 3.85. The van der Waals surface area contributed by atoms with Crippen LogP contribution in [0.4, 0.5) is 5.82 Å². The molecule has 0 aliphatic heterocycles. The van der Waals surface area contributed by atoms with Gasteiger partial charge < -0.3 is 24.5 Å². The molecular weight excluding hydrogens is 603 g/mol. The van der Waals surface area contributed by atoms with Gasteiger partial charge in [0.2, 0.25) is 0 Å². The average Bonchev–Trinajstić information content (AvgIpc) is 3.42. The van der Waals surface area contributed by atoms with E-state index in [1.54, 1.807) is 62.6 Å². The number of hydrogen-bond donors (Lipinski definition) is 2. The highest BCUT2D eigenvalue weighted by Gasteiger charge is 2.37. The molecule has 3 N–H and O–H groups in total. The van der Waals surface area contributed by atoms with Gasteiger partial charge in [0.15, 0.2) is 11.9 Å². The van der Waals surface area contributed by atoms with E-state index in [2.05, 4.69) is 15.2 Å². The van der Waals surface area contributed by atoms with E-state index in [4.69, 9.17) is 29.0 Å². The number of carbonyl (C=O) groups excluding carboxylic acids is 2. The Kier molecular flexibility index (Phi) is 12.3. The number of hydrogen-bond acceptors (Lipinski definition) is 12. The van der Waals surface area contributed by atoms with E-state index < -0.39 is 50.5 Å². The summed E-state index contributed by atoms with van der Waals surface area (Å²) in [6.45, 7) is 10.3. The van der Waals surface area contributed by atoms with Crippen molar-refractivity contribution >= 4 is 31.0 Å². The third-order valence-electron chi connectivity index (χ3n) is 6.97. The minimum atomic E-state index is -4.33. The second kappa shape index (κ2) is 15.7. The third kappa shape index (κ3) is 10.2. The molecule has 3 rings (SSSR count). The molecule has 0 fully saturated rings. The van der Waals surface area contributed by atoms with Crippen LogP contribution >= 0.6 is 7.75 Å². The van der Waals surface area contributed by atoms with Crippen LogP contribution < -0.4 is 15.3 Å². The first-order valence-electron chi connectivity index (χ1n) is 14.5. The van der Waals surface area contributed by atoms with Crippen LogP contribution in [0.25, 0.3) is 5.52 Å². The van der Waals surface area contributed by atoms with Gasteiger partial charge in [0.1, 0.15) is 36.3 Å². The summed E-state index contributed by atoms with van der Waals surface area (Å²) in [5.74, 6) is -1.28. The molecule has 244 valence electrons. The summed E-state index contributed by atoms with van der Waals surface area (Å²) in [4.78, 5) is 29.5. The maximum absolute atomic E-state index is 14.1. The molecule has 4 atom stereocenters. The molecule has 15 heteroatoms. The van der Waals surface area contributed by atoms with Gasteiger partial charge in [-0.1, -0.05) is 52.8 Å². The Balaban J connectivity index is 1.87. The van der Waals surface area contributed by atoms with Gasteiger partial charge in [-0.05, 0) is 43.0 Å². The topological polar surface area (TPSA) is 189 Å². The van der Waals surface area contributed by atoms with Crippen molar-refractivity contribution in [3.8, 4) is 12.0 Å². The van der Waals surface area contributed by atoms with Crippen LogP contribution in [0, 0.1) is 22.9 Å². The van der Waals surface area contributed by atoms with Crippen molar-refractivity contribution < 1.29 is 37.4 Å². The first kappa shape index (κ1) is 35.3. The molecule has 3 aromatic rings. The zero-order valence-electron chi connectivity index (χ0n) is 26.3. The second-order valence-electron chi connectivity index (χ2n) is 11.5. The van der Waals surface area contributed by atoms with Crippen molar-refractivity contribution in [2.45, 2.75) is 72.6 Å². The van der Waals surface area contributed by atoms with E-state index in [-0.39, 0.29) is 30.0 Å². The van der Waals surface area contributed by atoms with Gasteiger partial charge in [0.05, 0.1) is 12.5 Å². The van der Waals surface area contributed by atoms with Crippen LogP contribution in [0.2, 0.25) is 0 Å². The maximum Gasteiger partial charge on any atom is 0.459 e. The highest BCUT2D eigenvalue weighted by molar-refractivity contribution is 7.52. The number of nitrogens with two attached hydrogens (primary N) is 1. The summed E-state index contributed by atoms with van der Waals surface area (Å²) in [5, 5.41) is 16.3. The Bertz CT molecular complexity index is 1520. The minimum absolute atomic E-state index is 0.0198. The van der Waals surface area contributed by atoms with Gasteiger partial charge in [-0.25, -0.2) is 14.1 Å². The Labute approximate surface area is 262 Å². The number of esters is 2. The van der Waals surface area contributed by atoms with Crippen molar-refractivity contribution in [3.63, 3.8) is 0 Å². The zero-order valence-corrected chi connectivity index (χ0v) is 27.2. The van der Waals surface area contributed by atoms with Gasteiger partial charge in [0, 0.05) is 12.1 Å². The monoisotopic (exact) mass is 644 g/mol. The smallest absolute Gasteiger partial charge is 0.459 e. The van der Waals surface area contributed by atoms with E-state index in [1.807, 2.05) is 20.8 Å². The van der Waals surface area contributed by atoms with Crippen molar-refractivity contribution in [1.29, 1.82) is 5.26 Å². The Hall–Kier alpha value is -4.18. The number of para-hydroxylation sites is 1. The Morgan fingerprint density at radius 3 is 2.47 bits per heavy atom. The van der Waals surface area contributed by atoms with Gasteiger partial charge in [-0.2, -0.15) is 15.4 Å². The van der Waals surface area contributed by atoms with Crippen molar-refractivity contribution in [2.75, 3.05) is 18.9 Å². The number of anilines is 1. The SMILES string of the molecule is CCC(C)(C)COC(=O)[C@H](C)NP(=O)(OC[C@@H](OC#N)[C@H](Cc1ccc2c(N)ncnn12)OC(=O)C(C)C)Oc1ccccc1. The summed E-state index contributed by atoms with van der Waals surface area (Å²) in [7, 11) is -4.33. The molecule has 14 nitrogen and oxygen atoms in total. The second-order valence-corrected chi connectivity index (χ2v) is 13.2.